The Labute approximate surface area is 148 Å². The summed E-state index contributed by atoms with van der Waals surface area (Å²) in [5.41, 5.74) is 0.771. The van der Waals surface area contributed by atoms with Crippen LogP contribution in [0, 0.1) is 5.92 Å². The van der Waals surface area contributed by atoms with Crippen LogP contribution >= 0.6 is 0 Å². The van der Waals surface area contributed by atoms with E-state index in [4.69, 9.17) is 0 Å². The molecule has 0 radical (unpaired) electrons. The van der Waals surface area contributed by atoms with Gasteiger partial charge in [0.05, 0.1) is 11.9 Å². The van der Waals surface area contributed by atoms with Crippen molar-refractivity contribution >= 4 is 23.4 Å². The van der Waals surface area contributed by atoms with Crippen molar-refractivity contribution in [1.82, 2.24) is 24.6 Å². The average Bonchev–Trinajstić information content (AvgIpc) is 2.93. The van der Waals surface area contributed by atoms with Crippen LogP contribution in [0.2, 0.25) is 0 Å². The van der Waals surface area contributed by atoms with Crippen LogP contribution in [0.1, 0.15) is 12.8 Å². The van der Waals surface area contributed by atoms with Gasteiger partial charge in [-0.1, -0.05) is 0 Å². The molecule has 1 unspecified atom stereocenters. The molecule has 2 aliphatic rings. The third-order valence-electron chi connectivity index (χ3n) is 4.59. The lowest BCUT2D eigenvalue weighted by atomic mass is 10.2. The number of anilines is 3. The molecule has 0 bridgehead atoms. The minimum absolute atomic E-state index is 0.0209. The first-order chi connectivity index (χ1) is 12.4. The highest BCUT2D eigenvalue weighted by atomic mass is 19.3. The molecule has 0 aromatic carbocycles. The van der Waals surface area contributed by atoms with E-state index in [0.717, 1.165) is 5.69 Å². The summed E-state index contributed by atoms with van der Waals surface area (Å²) in [5, 5.41) is 10.4. The maximum Gasteiger partial charge on any atom is 0.260 e. The first-order valence-electron chi connectivity index (χ1n) is 8.42. The van der Waals surface area contributed by atoms with Crippen LogP contribution in [0.15, 0.2) is 24.7 Å². The summed E-state index contributed by atoms with van der Waals surface area (Å²) in [7, 11) is 1.81. The molecule has 1 saturated carbocycles. The highest BCUT2D eigenvalue weighted by molar-refractivity contribution is 5.83. The van der Waals surface area contributed by atoms with Crippen molar-refractivity contribution in [3.8, 4) is 0 Å². The number of aromatic nitrogens is 4. The number of carbonyl (C=O) groups is 1. The van der Waals surface area contributed by atoms with Gasteiger partial charge in [0, 0.05) is 45.0 Å². The van der Waals surface area contributed by atoms with E-state index in [-0.39, 0.29) is 12.5 Å². The van der Waals surface area contributed by atoms with Crippen molar-refractivity contribution in [3.63, 3.8) is 0 Å². The molecule has 1 aliphatic heterocycles. The van der Waals surface area contributed by atoms with Crippen molar-refractivity contribution in [2.75, 3.05) is 23.7 Å². The molecule has 138 valence electrons. The van der Waals surface area contributed by atoms with Crippen LogP contribution in [0.5, 0.6) is 0 Å². The SMILES string of the molecule is Cn1cc(Nc2nccc(N[C@@H]3CCN(C(=O)C4CC4(F)F)C3)n2)cn1. The molecular formula is C16H19F2N7O. The Hall–Kier alpha value is -2.78. The number of alkyl halides is 2. The van der Waals surface area contributed by atoms with Gasteiger partial charge >= 0.3 is 0 Å². The van der Waals surface area contributed by atoms with E-state index in [1.165, 1.54) is 4.90 Å². The van der Waals surface area contributed by atoms with Crippen LogP contribution in [-0.4, -0.2) is 55.6 Å². The molecule has 10 heteroatoms. The number of nitrogens with zero attached hydrogens (tertiary/aromatic N) is 5. The minimum Gasteiger partial charge on any atom is -0.365 e. The van der Waals surface area contributed by atoms with E-state index >= 15 is 0 Å². The number of hydrogen-bond acceptors (Lipinski definition) is 6. The molecule has 1 amide bonds. The van der Waals surface area contributed by atoms with E-state index in [2.05, 4.69) is 25.7 Å². The van der Waals surface area contributed by atoms with Gasteiger partial charge in [-0.2, -0.15) is 10.1 Å². The van der Waals surface area contributed by atoms with Gasteiger partial charge in [-0.15, -0.1) is 0 Å². The molecule has 1 aliphatic carbocycles. The topological polar surface area (TPSA) is 88.0 Å². The smallest absolute Gasteiger partial charge is 0.260 e. The zero-order valence-corrected chi connectivity index (χ0v) is 14.2. The lowest BCUT2D eigenvalue weighted by Gasteiger charge is -2.17. The first kappa shape index (κ1) is 16.7. The lowest BCUT2D eigenvalue weighted by Crippen LogP contribution is -2.34. The van der Waals surface area contributed by atoms with Gasteiger partial charge < -0.3 is 15.5 Å². The van der Waals surface area contributed by atoms with Crippen LogP contribution in [0.25, 0.3) is 0 Å². The number of amides is 1. The first-order valence-corrected chi connectivity index (χ1v) is 8.42. The fourth-order valence-electron chi connectivity index (χ4n) is 3.10. The number of rotatable bonds is 5. The number of carbonyl (C=O) groups excluding carboxylic acids is 1. The van der Waals surface area contributed by atoms with Crippen molar-refractivity contribution < 1.29 is 13.6 Å². The third kappa shape index (κ3) is 3.44. The molecule has 2 aromatic rings. The number of nitrogens with one attached hydrogen (secondary N) is 2. The molecule has 2 N–H and O–H groups in total. The summed E-state index contributed by atoms with van der Waals surface area (Å²) < 4.78 is 27.8. The van der Waals surface area contributed by atoms with Gasteiger partial charge in [0.15, 0.2) is 0 Å². The Kier molecular flexibility index (Phi) is 3.97. The van der Waals surface area contributed by atoms with Gasteiger partial charge in [-0.05, 0) is 12.5 Å². The highest BCUT2D eigenvalue weighted by Gasteiger charge is 2.62. The number of aryl methyl sites for hydroxylation is 1. The molecule has 2 fully saturated rings. The van der Waals surface area contributed by atoms with Crippen LogP contribution in [0.3, 0.4) is 0 Å². The summed E-state index contributed by atoms with van der Waals surface area (Å²) >= 11 is 0. The van der Waals surface area contributed by atoms with Crippen LogP contribution in [-0.2, 0) is 11.8 Å². The van der Waals surface area contributed by atoms with E-state index in [1.54, 1.807) is 29.3 Å². The van der Waals surface area contributed by atoms with Crippen molar-refractivity contribution in [1.29, 1.82) is 0 Å². The summed E-state index contributed by atoms with van der Waals surface area (Å²) in [4.78, 5) is 22.1. The monoisotopic (exact) mass is 363 g/mol. The Morgan fingerprint density at radius 3 is 2.92 bits per heavy atom. The summed E-state index contributed by atoms with van der Waals surface area (Å²) in [6.07, 6.45) is 5.46. The van der Waals surface area contributed by atoms with E-state index in [9.17, 15) is 13.6 Å². The molecule has 26 heavy (non-hydrogen) atoms. The minimum atomic E-state index is -2.82. The summed E-state index contributed by atoms with van der Waals surface area (Å²) in [6, 6.07) is 1.71. The number of likely N-dealkylation sites (tertiary alicyclic amines) is 1. The Morgan fingerprint density at radius 1 is 1.42 bits per heavy atom. The Bertz CT molecular complexity index is 824. The number of halogens is 2. The maximum atomic E-state index is 13.1. The second-order valence-corrected chi connectivity index (χ2v) is 6.73. The average molecular weight is 363 g/mol. The van der Waals surface area contributed by atoms with E-state index in [1.807, 2.05) is 7.05 Å². The fourth-order valence-corrected chi connectivity index (χ4v) is 3.10. The molecule has 3 heterocycles. The van der Waals surface area contributed by atoms with Crippen LogP contribution in [0.4, 0.5) is 26.2 Å². The van der Waals surface area contributed by atoms with Gasteiger partial charge in [-0.25, -0.2) is 13.8 Å². The summed E-state index contributed by atoms with van der Waals surface area (Å²) in [5.74, 6) is -3.35. The predicted molar refractivity (Wildman–Crippen MR) is 90.2 cm³/mol. The normalized spacial score (nSPS) is 23.7. The van der Waals surface area contributed by atoms with Crippen molar-refractivity contribution in [2.24, 2.45) is 13.0 Å². The molecular weight excluding hydrogens is 344 g/mol. The summed E-state index contributed by atoms with van der Waals surface area (Å²) in [6.45, 7) is 0.885. The molecule has 2 atom stereocenters. The zero-order valence-electron chi connectivity index (χ0n) is 14.2. The largest absolute Gasteiger partial charge is 0.365 e. The second-order valence-electron chi connectivity index (χ2n) is 6.73. The molecule has 8 nitrogen and oxygen atoms in total. The van der Waals surface area contributed by atoms with Crippen molar-refractivity contribution in [2.45, 2.75) is 24.8 Å². The molecule has 1 saturated heterocycles. The standard InChI is InChI=1S/C16H19F2N7O/c1-24-8-11(7-20-24)22-15-19-4-2-13(23-15)21-10-3-5-25(9-10)14(26)12-6-16(12,17)18/h2,4,7-8,10,12H,3,5-6,9H2,1H3,(H2,19,21,22,23)/t10-,12?/m1/s1. The Morgan fingerprint density at radius 2 is 2.23 bits per heavy atom. The Balaban J connectivity index is 1.34. The lowest BCUT2D eigenvalue weighted by molar-refractivity contribution is -0.133. The van der Waals surface area contributed by atoms with E-state index < -0.39 is 17.7 Å². The van der Waals surface area contributed by atoms with Gasteiger partial charge in [0.25, 0.3) is 5.92 Å². The maximum absolute atomic E-state index is 13.1. The molecule has 0 spiro atoms. The van der Waals surface area contributed by atoms with E-state index in [0.29, 0.717) is 31.3 Å². The highest BCUT2D eigenvalue weighted by Crippen LogP contribution is 2.49. The molecule has 4 rings (SSSR count). The van der Waals surface area contributed by atoms with Gasteiger partial charge in [0.1, 0.15) is 11.7 Å². The number of hydrogen-bond donors (Lipinski definition) is 2. The van der Waals surface area contributed by atoms with Crippen molar-refractivity contribution in [3.05, 3.63) is 24.7 Å². The van der Waals surface area contributed by atoms with Gasteiger partial charge in [-0.3, -0.25) is 9.48 Å². The van der Waals surface area contributed by atoms with Crippen LogP contribution < -0.4 is 10.6 Å². The third-order valence-corrected chi connectivity index (χ3v) is 4.59. The fraction of sp³-hybridized carbons (Fsp3) is 0.500. The van der Waals surface area contributed by atoms with Gasteiger partial charge in [0.2, 0.25) is 11.9 Å². The second kappa shape index (κ2) is 6.19. The predicted octanol–water partition coefficient (Wildman–Crippen LogP) is 1.62. The molecule has 2 aromatic heterocycles. The zero-order chi connectivity index (χ0) is 18.3. The quantitative estimate of drug-likeness (QED) is 0.839.